The van der Waals surface area contributed by atoms with Crippen LogP contribution in [0.5, 0.6) is 0 Å². The molecule has 100 valence electrons. The maximum Gasteiger partial charge on any atom is 0.182 e. The van der Waals surface area contributed by atoms with Crippen molar-refractivity contribution in [1.29, 1.82) is 0 Å². The number of likely N-dealkylation sites (N-methyl/N-ethyl adjacent to an activating group) is 1. The van der Waals surface area contributed by atoms with Crippen molar-refractivity contribution >= 4 is 15.5 Å². The first-order valence-corrected chi connectivity index (χ1v) is 7.87. The highest BCUT2D eigenvalue weighted by Gasteiger charge is 2.31. The molecule has 0 amide bonds. The fraction of sp³-hybridized carbons (Fsp3) is 0.538. The van der Waals surface area contributed by atoms with E-state index in [4.69, 9.17) is 0 Å². The Morgan fingerprint density at radius 2 is 2.17 bits per heavy atom. The van der Waals surface area contributed by atoms with Crippen LogP contribution in [-0.4, -0.2) is 33.8 Å². The van der Waals surface area contributed by atoms with Gasteiger partial charge in [0.1, 0.15) is 0 Å². The van der Waals surface area contributed by atoms with Crippen LogP contribution in [0.3, 0.4) is 0 Å². The summed E-state index contributed by atoms with van der Waals surface area (Å²) in [6.07, 6.45) is 0. The zero-order valence-corrected chi connectivity index (χ0v) is 11.8. The van der Waals surface area contributed by atoms with E-state index < -0.39 is 9.84 Å². The molecular weight excluding hydrogens is 248 g/mol. The number of para-hydroxylation sites is 1. The minimum Gasteiger partial charge on any atom is -0.379 e. The van der Waals surface area contributed by atoms with Gasteiger partial charge in [-0.25, -0.2) is 8.42 Å². The molecule has 1 aliphatic heterocycles. The van der Waals surface area contributed by atoms with Gasteiger partial charge in [-0.3, -0.25) is 0 Å². The van der Waals surface area contributed by atoms with Gasteiger partial charge in [0.05, 0.1) is 22.4 Å². The fourth-order valence-electron chi connectivity index (χ4n) is 2.40. The summed E-state index contributed by atoms with van der Waals surface area (Å²) in [6, 6.07) is 5.45. The van der Waals surface area contributed by atoms with E-state index >= 15 is 0 Å². The number of hydrogen-bond donors (Lipinski definition) is 2. The Balaban J connectivity index is 2.52. The smallest absolute Gasteiger partial charge is 0.182 e. The van der Waals surface area contributed by atoms with Gasteiger partial charge in [0, 0.05) is 6.54 Å². The number of sulfone groups is 1. The van der Waals surface area contributed by atoms with Crippen LogP contribution in [-0.2, 0) is 9.84 Å². The summed E-state index contributed by atoms with van der Waals surface area (Å²) in [4.78, 5) is 0.445. The van der Waals surface area contributed by atoms with Gasteiger partial charge in [0.25, 0.3) is 0 Å². The average molecular weight is 268 g/mol. The van der Waals surface area contributed by atoms with E-state index in [1.54, 1.807) is 6.07 Å². The first-order valence-electron chi connectivity index (χ1n) is 6.22. The number of rotatable bonds is 3. The highest BCUT2D eigenvalue weighted by molar-refractivity contribution is 7.91. The van der Waals surface area contributed by atoms with Crippen LogP contribution in [0.25, 0.3) is 0 Å². The molecule has 0 fully saturated rings. The third-order valence-corrected chi connectivity index (χ3v) is 5.09. The van der Waals surface area contributed by atoms with Gasteiger partial charge in [-0.2, -0.15) is 0 Å². The summed E-state index contributed by atoms with van der Waals surface area (Å²) in [5.41, 5.74) is 1.86. The number of hydrogen-bond acceptors (Lipinski definition) is 4. The summed E-state index contributed by atoms with van der Waals surface area (Å²) >= 11 is 0. The number of fused-ring (bicyclic) bond motifs is 1. The Hall–Kier alpha value is -1.07. The van der Waals surface area contributed by atoms with Gasteiger partial charge >= 0.3 is 0 Å². The Morgan fingerprint density at radius 3 is 2.78 bits per heavy atom. The van der Waals surface area contributed by atoms with Crippen LogP contribution < -0.4 is 10.6 Å². The van der Waals surface area contributed by atoms with Crippen LogP contribution in [0.4, 0.5) is 5.69 Å². The minimum absolute atomic E-state index is 0.0626. The van der Waals surface area contributed by atoms with E-state index in [-0.39, 0.29) is 11.8 Å². The highest BCUT2D eigenvalue weighted by atomic mass is 32.2. The third kappa shape index (κ3) is 2.37. The topological polar surface area (TPSA) is 58.2 Å². The quantitative estimate of drug-likeness (QED) is 0.874. The predicted octanol–water partition coefficient (Wildman–Crippen LogP) is 1.60. The first-order chi connectivity index (χ1) is 8.45. The maximum atomic E-state index is 12.3. The summed E-state index contributed by atoms with van der Waals surface area (Å²) in [7, 11) is -1.34. The zero-order chi connectivity index (χ0) is 13.3. The average Bonchev–Trinajstić information content (AvgIpc) is 2.27. The second-order valence-corrected chi connectivity index (χ2v) is 7.06. The van der Waals surface area contributed by atoms with E-state index in [1.165, 1.54) is 0 Å². The largest absolute Gasteiger partial charge is 0.379 e. The Labute approximate surface area is 109 Å². The molecule has 1 aromatic carbocycles. The molecule has 4 nitrogen and oxygen atoms in total. The molecule has 0 aliphatic carbocycles. The van der Waals surface area contributed by atoms with Crippen molar-refractivity contribution in [1.82, 2.24) is 5.32 Å². The van der Waals surface area contributed by atoms with E-state index in [0.29, 0.717) is 17.4 Å². The zero-order valence-electron chi connectivity index (χ0n) is 11.0. The lowest BCUT2D eigenvalue weighted by atomic mass is 10.0. The first kappa shape index (κ1) is 13.4. The highest BCUT2D eigenvalue weighted by Crippen LogP contribution is 2.35. The van der Waals surface area contributed by atoms with Gasteiger partial charge < -0.3 is 10.6 Å². The summed E-state index contributed by atoms with van der Waals surface area (Å²) in [5.74, 6) is 0.457. The van der Waals surface area contributed by atoms with E-state index in [9.17, 15) is 8.42 Å². The molecule has 1 atom stereocenters. The number of anilines is 1. The number of nitrogens with one attached hydrogen (secondary N) is 2. The predicted molar refractivity (Wildman–Crippen MR) is 73.9 cm³/mol. The second-order valence-electron chi connectivity index (χ2n) is 5.06. The van der Waals surface area contributed by atoms with Gasteiger partial charge in [0.15, 0.2) is 9.84 Å². The molecule has 1 unspecified atom stereocenters. The van der Waals surface area contributed by atoms with Gasteiger partial charge in [-0.1, -0.05) is 26.0 Å². The van der Waals surface area contributed by atoms with E-state index in [1.807, 2.05) is 19.2 Å². The van der Waals surface area contributed by atoms with Crippen molar-refractivity contribution < 1.29 is 8.42 Å². The molecule has 2 N–H and O–H groups in total. The molecule has 1 heterocycles. The lowest BCUT2D eigenvalue weighted by Crippen LogP contribution is -2.41. The van der Waals surface area contributed by atoms with Crippen molar-refractivity contribution in [3.63, 3.8) is 0 Å². The SMILES string of the molecule is CNCC1CS(=O)(=O)c2cccc(C(C)C)c2N1. The van der Waals surface area contributed by atoms with Crippen molar-refractivity contribution in [2.75, 3.05) is 24.7 Å². The molecule has 0 saturated heterocycles. The van der Waals surface area contributed by atoms with Crippen molar-refractivity contribution in [3.05, 3.63) is 23.8 Å². The maximum absolute atomic E-state index is 12.3. The van der Waals surface area contributed by atoms with Crippen molar-refractivity contribution in [2.24, 2.45) is 0 Å². The van der Waals surface area contributed by atoms with Crippen LogP contribution in [0.15, 0.2) is 23.1 Å². The monoisotopic (exact) mass is 268 g/mol. The van der Waals surface area contributed by atoms with Crippen LogP contribution >= 0.6 is 0 Å². The fourth-order valence-corrected chi connectivity index (χ4v) is 4.08. The lowest BCUT2D eigenvalue weighted by molar-refractivity contribution is 0.580. The molecule has 0 radical (unpaired) electrons. The van der Waals surface area contributed by atoms with E-state index in [0.717, 1.165) is 11.3 Å². The summed E-state index contributed by atoms with van der Waals surface area (Å²) in [5, 5.41) is 6.39. The second kappa shape index (κ2) is 4.90. The van der Waals surface area contributed by atoms with E-state index in [2.05, 4.69) is 24.5 Å². The van der Waals surface area contributed by atoms with Gasteiger partial charge in [-0.05, 0) is 24.6 Å². The molecule has 2 rings (SSSR count). The lowest BCUT2D eigenvalue weighted by Gasteiger charge is -2.29. The molecule has 18 heavy (non-hydrogen) atoms. The van der Waals surface area contributed by atoms with Crippen LogP contribution in [0.2, 0.25) is 0 Å². The normalized spacial score (nSPS) is 21.4. The van der Waals surface area contributed by atoms with Crippen molar-refractivity contribution in [3.8, 4) is 0 Å². The van der Waals surface area contributed by atoms with Gasteiger partial charge in [0.2, 0.25) is 0 Å². The molecular formula is C13H20N2O2S. The van der Waals surface area contributed by atoms with Crippen LogP contribution in [0.1, 0.15) is 25.3 Å². The van der Waals surface area contributed by atoms with Gasteiger partial charge in [-0.15, -0.1) is 0 Å². The Kier molecular flexibility index (Phi) is 3.64. The number of benzene rings is 1. The molecule has 0 bridgehead atoms. The van der Waals surface area contributed by atoms with Crippen LogP contribution in [0, 0.1) is 0 Å². The summed E-state index contributed by atoms with van der Waals surface area (Å²) in [6.45, 7) is 4.79. The van der Waals surface area contributed by atoms with Crippen molar-refractivity contribution in [2.45, 2.75) is 30.7 Å². The molecule has 0 spiro atoms. The Bertz CT molecular complexity index is 538. The molecule has 0 saturated carbocycles. The summed E-state index contributed by atoms with van der Waals surface area (Å²) < 4.78 is 24.5. The molecule has 1 aromatic rings. The minimum atomic E-state index is -3.17. The molecule has 1 aliphatic rings. The Morgan fingerprint density at radius 1 is 1.44 bits per heavy atom. The third-order valence-electron chi connectivity index (χ3n) is 3.24. The standard InChI is InChI=1S/C13H20N2O2S/c1-9(2)11-5-4-6-12-13(11)15-10(7-14-3)8-18(12,16)17/h4-6,9-10,14-15H,7-8H2,1-3H3. The molecule has 0 aromatic heterocycles. The molecule has 5 heteroatoms.